The zero-order valence-electron chi connectivity index (χ0n) is 10.8. The zero-order valence-corrected chi connectivity index (χ0v) is 12.4. The first kappa shape index (κ1) is 14.7. The molecule has 1 aromatic carbocycles. The molecule has 2 N–H and O–H groups in total. The molecule has 96 valence electrons. The first-order valence-electron chi connectivity index (χ1n) is 6.16. The molecular formula is C14H22BrNO. The highest BCUT2D eigenvalue weighted by molar-refractivity contribution is 9.10. The maximum atomic E-state index is 9.81. The van der Waals surface area contributed by atoms with E-state index in [1.807, 2.05) is 18.2 Å². The van der Waals surface area contributed by atoms with Gasteiger partial charge in [-0.25, -0.2) is 0 Å². The van der Waals surface area contributed by atoms with Gasteiger partial charge in [-0.2, -0.15) is 0 Å². The molecule has 2 atom stereocenters. The normalized spacial score (nSPS) is 14.9. The Hall–Kier alpha value is -0.380. The number of rotatable bonds is 6. The lowest BCUT2D eigenvalue weighted by Gasteiger charge is -2.19. The van der Waals surface area contributed by atoms with Crippen LogP contribution in [0.1, 0.15) is 38.8 Å². The SMILES string of the molecule is CC(C)CC(O)CNC(C)c1ccccc1Br. The van der Waals surface area contributed by atoms with Crippen molar-refractivity contribution in [3.63, 3.8) is 0 Å². The third kappa shape index (κ3) is 5.19. The van der Waals surface area contributed by atoms with E-state index in [1.54, 1.807) is 0 Å². The van der Waals surface area contributed by atoms with Gasteiger partial charge in [-0.05, 0) is 30.9 Å². The van der Waals surface area contributed by atoms with Crippen LogP contribution in [0.15, 0.2) is 28.7 Å². The molecule has 0 spiro atoms. The number of halogens is 1. The lowest BCUT2D eigenvalue weighted by molar-refractivity contribution is 0.143. The van der Waals surface area contributed by atoms with Gasteiger partial charge in [-0.1, -0.05) is 48.0 Å². The lowest BCUT2D eigenvalue weighted by atomic mass is 10.0. The van der Waals surface area contributed by atoms with E-state index >= 15 is 0 Å². The molecule has 2 unspecified atom stereocenters. The van der Waals surface area contributed by atoms with Crippen molar-refractivity contribution in [2.45, 2.75) is 39.3 Å². The summed E-state index contributed by atoms with van der Waals surface area (Å²) < 4.78 is 1.11. The van der Waals surface area contributed by atoms with E-state index in [9.17, 15) is 5.11 Å². The van der Waals surface area contributed by atoms with Crippen molar-refractivity contribution >= 4 is 15.9 Å². The van der Waals surface area contributed by atoms with E-state index in [-0.39, 0.29) is 12.1 Å². The molecule has 3 heteroatoms. The smallest absolute Gasteiger partial charge is 0.0667 e. The Morgan fingerprint density at radius 3 is 2.47 bits per heavy atom. The summed E-state index contributed by atoms with van der Waals surface area (Å²) in [4.78, 5) is 0. The highest BCUT2D eigenvalue weighted by Gasteiger charge is 2.11. The second-order valence-corrected chi connectivity index (χ2v) is 5.79. The van der Waals surface area contributed by atoms with Gasteiger partial charge in [-0.15, -0.1) is 0 Å². The van der Waals surface area contributed by atoms with E-state index in [2.05, 4.69) is 48.1 Å². The Kier molecular flexibility index (Phi) is 6.17. The number of aliphatic hydroxyl groups is 1. The third-order valence-corrected chi connectivity index (χ3v) is 3.50. The van der Waals surface area contributed by atoms with Gasteiger partial charge in [0, 0.05) is 17.1 Å². The third-order valence-electron chi connectivity index (χ3n) is 2.77. The summed E-state index contributed by atoms with van der Waals surface area (Å²) in [7, 11) is 0. The quantitative estimate of drug-likeness (QED) is 0.842. The largest absolute Gasteiger partial charge is 0.392 e. The second kappa shape index (κ2) is 7.14. The van der Waals surface area contributed by atoms with Crippen molar-refractivity contribution in [2.75, 3.05) is 6.54 Å². The molecule has 1 rings (SSSR count). The Morgan fingerprint density at radius 1 is 1.24 bits per heavy atom. The van der Waals surface area contributed by atoms with Gasteiger partial charge in [-0.3, -0.25) is 0 Å². The number of aliphatic hydroxyl groups excluding tert-OH is 1. The van der Waals surface area contributed by atoms with Gasteiger partial charge in [0.2, 0.25) is 0 Å². The summed E-state index contributed by atoms with van der Waals surface area (Å²) in [6.07, 6.45) is 0.579. The van der Waals surface area contributed by atoms with Crippen molar-refractivity contribution in [1.82, 2.24) is 5.32 Å². The average Bonchev–Trinajstić information content (AvgIpc) is 2.25. The van der Waals surface area contributed by atoms with E-state index in [0.29, 0.717) is 12.5 Å². The van der Waals surface area contributed by atoms with E-state index in [1.165, 1.54) is 5.56 Å². The standard InChI is InChI=1S/C14H22BrNO/c1-10(2)8-12(17)9-16-11(3)13-6-4-5-7-14(13)15/h4-7,10-12,16-17H,8-9H2,1-3H3. The Labute approximate surface area is 113 Å². The minimum atomic E-state index is -0.264. The topological polar surface area (TPSA) is 32.3 Å². The molecule has 0 amide bonds. The van der Waals surface area contributed by atoms with Crippen molar-refractivity contribution in [1.29, 1.82) is 0 Å². The molecule has 0 saturated carbocycles. The molecule has 2 nitrogen and oxygen atoms in total. The van der Waals surface area contributed by atoms with Crippen LogP contribution < -0.4 is 5.32 Å². The number of nitrogens with one attached hydrogen (secondary N) is 1. The van der Waals surface area contributed by atoms with Crippen LogP contribution in [0.5, 0.6) is 0 Å². The molecule has 0 aromatic heterocycles. The van der Waals surface area contributed by atoms with Crippen LogP contribution in [0.2, 0.25) is 0 Å². The van der Waals surface area contributed by atoms with Crippen LogP contribution in [-0.4, -0.2) is 17.8 Å². The number of hydrogen-bond donors (Lipinski definition) is 2. The Balaban J connectivity index is 2.45. The molecule has 1 aromatic rings. The molecule has 0 aliphatic carbocycles. The average molecular weight is 300 g/mol. The van der Waals surface area contributed by atoms with Crippen LogP contribution in [0, 0.1) is 5.92 Å². The summed E-state index contributed by atoms with van der Waals surface area (Å²) in [6.45, 7) is 7.00. The van der Waals surface area contributed by atoms with Gasteiger partial charge in [0.25, 0.3) is 0 Å². The molecule has 0 bridgehead atoms. The fourth-order valence-electron chi connectivity index (χ4n) is 1.88. The Bertz CT molecular complexity index is 341. The maximum absolute atomic E-state index is 9.81. The summed E-state index contributed by atoms with van der Waals surface area (Å²) in [5.74, 6) is 0.533. The van der Waals surface area contributed by atoms with Crippen molar-refractivity contribution in [3.8, 4) is 0 Å². The highest BCUT2D eigenvalue weighted by Crippen LogP contribution is 2.22. The number of hydrogen-bond acceptors (Lipinski definition) is 2. The summed E-state index contributed by atoms with van der Waals surface area (Å²) in [6, 6.07) is 8.41. The van der Waals surface area contributed by atoms with Gasteiger partial charge >= 0.3 is 0 Å². The van der Waals surface area contributed by atoms with Crippen LogP contribution in [0.25, 0.3) is 0 Å². The maximum Gasteiger partial charge on any atom is 0.0667 e. The predicted octanol–water partition coefficient (Wildman–Crippen LogP) is 3.51. The van der Waals surface area contributed by atoms with Gasteiger partial charge in [0.05, 0.1) is 6.10 Å². The second-order valence-electron chi connectivity index (χ2n) is 4.93. The first-order valence-corrected chi connectivity index (χ1v) is 6.96. The fourth-order valence-corrected chi connectivity index (χ4v) is 2.50. The van der Waals surface area contributed by atoms with Crippen LogP contribution in [0.4, 0.5) is 0 Å². The van der Waals surface area contributed by atoms with Gasteiger partial charge in [0.15, 0.2) is 0 Å². The van der Waals surface area contributed by atoms with Crippen LogP contribution in [0.3, 0.4) is 0 Å². The minimum absolute atomic E-state index is 0.243. The van der Waals surface area contributed by atoms with E-state index in [0.717, 1.165) is 10.9 Å². The fraction of sp³-hybridized carbons (Fsp3) is 0.571. The monoisotopic (exact) mass is 299 g/mol. The molecule has 0 radical (unpaired) electrons. The summed E-state index contributed by atoms with van der Waals surface area (Å²) in [5, 5.41) is 13.2. The minimum Gasteiger partial charge on any atom is -0.392 e. The molecule has 0 heterocycles. The zero-order chi connectivity index (χ0) is 12.8. The molecule has 0 saturated heterocycles. The van der Waals surface area contributed by atoms with E-state index in [4.69, 9.17) is 0 Å². The van der Waals surface area contributed by atoms with Crippen molar-refractivity contribution in [2.24, 2.45) is 5.92 Å². The van der Waals surface area contributed by atoms with Crippen molar-refractivity contribution in [3.05, 3.63) is 34.3 Å². The highest BCUT2D eigenvalue weighted by atomic mass is 79.9. The van der Waals surface area contributed by atoms with Crippen LogP contribution in [-0.2, 0) is 0 Å². The lowest BCUT2D eigenvalue weighted by Crippen LogP contribution is -2.30. The summed E-state index contributed by atoms with van der Waals surface area (Å²) >= 11 is 3.54. The molecule has 17 heavy (non-hydrogen) atoms. The summed E-state index contributed by atoms with van der Waals surface area (Å²) in [5.41, 5.74) is 1.23. The molecule has 0 aliphatic rings. The van der Waals surface area contributed by atoms with Crippen LogP contribution >= 0.6 is 15.9 Å². The predicted molar refractivity (Wildman–Crippen MR) is 76.0 cm³/mol. The van der Waals surface area contributed by atoms with Crippen molar-refractivity contribution < 1.29 is 5.11 Å². The molecule has 0 fully saturated rings. The number of benzene rings is 1. The Morgan fingerprint density at radius 2 is 1.88 bits per heavy atom. The van der Waals surface area contributed by atoms with Gasteiger partial charge < -0.3 is 10.4 Å². The first-order chi connectivity index (χ1) is 8.00. The van der Waals surface area contributed by atoms with E-state index < -0.39 is 0 Å². The molecular weight excluding hydrogens is 278 g/mol. The van der Waals surface area contributed by atoms with Gasteiger partial charge in [0.1, 0.15) is 0 Å². The molecule has 0 aliphatic heterocycles.